The zero-order valence-corrected chi connectivity index (χ0v) is 13.8. The van der Waals surface area contributed by atoms with Crippen LogP contribution in [-0.2, 0) is 6.42 Å². The first-order valence-corrected chi connectivity index (χ1v) is 8.20. The lowest BCUT2D eigenvalue weighted by atomic mass is 10.2. The molecule has 0 bridgehead atoms. The van der Waals surface area contributed by atoms with Crippen LogP contribution < -0.4 is 4.74 Å². The molecule has 6 nitrogen and oxygen atoms in total. The number of aryl methyl sites for hydroxylation is 1. The van der Waals surface area contributed by atoms with Gasteiger partial charge in [-0.15, -0.1) is 11.3 Å². The second kappa shape index (κ2) is 7.18. The second-order valence-corrected chi connectivity index (χ2v) is 6.30. The predicted octanol–water partition coefficient (Wildman–Crippen LogP) is 4.04. The van der Waals surface area contributed by atoms with E-state index in [1.165, 1.54) is 18.3 Å². The van der Waals surface area contributed by atoms with Gasteiger partial charge >= 0.3 is 0 Å². The van der Waals surface area contributed by atoms with Gasteiger partial charge in [0.2, 0.25) is 5.88 Å². The molecule has 0 aliphatic rings. The molecule has 0 atom stereocenters. The molecular weight excluding hydrogens is 326 g/mol. The monoisotopic (exact) mass is 341 g/mol. The fraction of sp³-hybridized carbons (Fsp3) is 0.176. The van der Waals surface area contributed by atoms with Gasteiger partial charge in [0.05, 0.1) is 17.2 Å². The van der Waals surface area contributed by atoms with Gasteiger partial charge < -0.3 is 4.74 Å². The molecule has 3 aromatic rings. The molecule has 7 heteroatoms. The molecule has 2 aromatic heterocycles. The van der Waals surface area contributed by atoms with E-state index in [0.717, 1.165) is 21.1 Å². The summed E-state index contributed by atoms with van der Waals surface area (Å²) < 4.78 is 5.55. The maximum absolute atomic E-state index is 10.6. The summed E-state index contributed by atoms with van der Waals surface area (Å²) in [6.07, 6.45) is 1.85. The van der Waals surface area contributed by atoms with Crippen molar-refractivity contribution in [2.45, 2.75) is 13.3 Å². The van der Waals surface area contributed by atoms with Crippen molar-refractivity contribution >= 4 is 17.0 Å². The van der Waals surface area contributed by atoms with E-state index in [1.54, 1.807) is 11.3 Å². The third kappa shape index (κ3) is 3.75. The third-order valence-electron chi connectivity index (χ3n) is 3.43. The molecule has 0 radical (unpaired) electrons. The van der Waals surface area contributed by atoms with Gasteiger partial charge in [-0.3, -0.25) is 10.1 Å². The summed E-state index contributed by atoms with van der Waals surface area (Å²) in [7, 11) is 0. The van der Waals surface area contributed by atoms with Crippen molar-refractivity contribution in [1.29, 1.82) is 0 Å². The van der Waals surface area contributed by atoms with E-state index in [4.69, 9.17) is 4.74 Å². The van der Waals surface area contributed by atoms with Crippen LogP contribution in [0.2, 0.25) is 0 Å². The lowest BCUT2D eigenvalue weighted by Crippen LogP contribution is -2.04. The average molecular weight is 341 g/mol. The van der Waals surface area contributed by atoms with Crippen LogP contribution in [0.3, 0.4) is 0 Å². The highest BCUT2D eigenvalue weighted by molar-refractivity contribution is 7.15. The topological polar surface area (TPSA) is 78.2 Å². The van der Waals surface area contributed by atoms with Crippen LogP contribution in [0.15, 0.2) is 48.7 Å². The Morgan fingerprint density at radius 1 is 1.21 bits per heavy atom. The van der Waals surface area contributed by atoms with Crippen LogP contribution in [0.1, 0.15) is 10.6 Å². The van der Waals surface area contributed by atoms with E-state index in [9.17, 15) is 10.1 Å². The van der Waals surface area contributed by atoms with Crippen molar-refractivity contribution in [3.63, 3.8) is 0 Å². The standard InChI is InChI=1S/C17H15N3O3S/c1-12-15(19-17(24-12)13-5-3-2-4-6-13)9-10-23-16-8-7-14(11-18-16)20(21)22/h2-8,11H,9-10H2,1H3. The number of nitrogens with zero attached hydrogens (tertiary/aromatic N) is 3. The molecule has 0 fully saturated rings. The summed E-state index contributed by atoms with van der Waals surface area (Å²) in [5, 5.41) is 11.6. The van der Waals surface area contributed by atoms with Crippen molar-refractivity contribution in [2.24, 2.45) is 0 Å². The van der Waals surface area contributed by atoms with Crippen molar-refractivity contribution in [2.75, 3.05) is 6.61 Å². The van der Waals surface area contributed by atoms with Gasteiger partial charge in [-0.1, -0.05) is 30.3 Å². The van der Waals surface area contributed by atoms with E-state index in [0.29, 0.717) is 18.9 Å². The summed E-state index contributed by atoms with van der Waals surface area (Å²) in [5.41, 5.74) is 2.06. The highest BCUT2D eigenvalue weighted by Crippen LogP contribution is 2.27. The SMILES string of the molecule is Cc1sc(-c2ccccc2)nc1CCOc1ccc([N+](=O)[O-])cn1. The first-order chi connectivity index (χ1) is 11.6. The Bertz CT molecular complexity index is 832. The van der Waals surface area contributed by atoms with Crippen LogP contribution in [0, 0.1) is 17.0 Å². The normalized spacial score (nSPS) is 10.5. The maximum atomic E-state index is 10.6. The number of hydrogen-bond donors (Lipinski definition) is 0. The van der Waals surface area contributed by atoms with Gasteiger partial charge in [-0.05, 0) is 6.92 Å². The van der Waals surface area contributed by atoms with Gasteiger partial charge in [0, 0.05) is 29.0 Å². The Morgan fingerprint density at radius 3 is 2.67 bits per heavy atom. The first-order valence-electron chi connectivity index (χ1n) is 7.38. The number of aromatic nitrogens is 2. The van der Waals surface area contributed by atoms with Crippen molar-refractivity contribution in [3.05, 3.63) is 69.3 Å². The number of thiazole rings is 1. The van der Waals surface area contributed by atoms with E-state index in [2.05, 4.69) is 9.97 Å². The number of hydrogen-bond acceptors (Lipinski definition) is 6. The van der Waals surface area contributed by atoms with Crippen LogP contribution in [0.25, 0.3) is 10.6 Å². The highest BCUT2D eigenvalue weighted by Gasteiger charge is 2.10. The Kier molecular flexibility index (Phi) is 4.81. The molecule has 0 unspecified atom stereocenters. The molecule has 1 aromatic carbocycles. The Morgan fingerprint density at radius 2 is 2.00 bits per heavy atom. The van der Waals surface area contributed by atoms with Gasteiger partial charge in [0.25, 0.3) is 5.69 Å². The lowest BCUT2D eigenvalue weighted by molar-refractivity contribution is -0.385. The Hall–Kier alpha value is -2.80. The Labute approximate surface area is 142 Å². The molecule has 122 valence electrons. The summed E-state index contributed by atoms with van der Waals surface area (Å²) >= 11 is 1.66. The molecule has 24 heavy (non-hydrogen) atoms. The number of ether oxygens (including phenoxy) is 1. The molecular formula is C17H15N3O3S. The van der Waals surface area contributed by atoms with Crippen LogP contribution >= 0.6 is 11.3 Å². The summed E-state index contributed by atoms with van der Waals surface area (Å²) in [4.78, 5) is 19.9. The quantitative estimate of drug-likeness (QED) is 0.499. The minimum absolute atomic E-state index is 0.0507. The average Bonchev–Trinajstić information content (AvgIpc) is 2.97. The second-order valence-electron chi connectivity index (χ2n) is 5.10. The largest absolute Gasteiger partial charge is 0.477 e. The summed E-state index contributed by atoms with van der Waals surface area (Å²) in [6.45, 7) is 2.47. The molecule has 0 amide bonds. The maximum Gasteiger partial charge on any atom is 0.287 e. The van der Waals surface area contributed by atoms with Crippen LogP contribution in [0.5, 0.6) is 5.88 Å². The molecule has 0 aliphatic carbocycles. The van der Waals surface area contributed by atoms with Gasteiger partial charge in [-0.2, -0.15) is 0 Å². The van der Waals surface area contributed by atoms with Gasteiger partial charge in [-0.25, -0.2) is 9.97 Å². The molecule has 0 saturated carbocycles. The number of pyridine rings is 1. The summed E-state index contributed by atoms with van der Waals surface area (Å²) in [5.74, 6) is 0.372. The van der Waals surface area contributed by atoms with Crippen LogP contribution in [0.4, 0.5) is 5.69 Å². The molecule has 3 rings (SSSR count). The minimum atomic E-state index is -0.486. The van der Waals surface area contributed by atoms with E-state index < -0.39 is 4.92 Å². The highest BCUT2D eigenvalue weighted by atomic mass is 32.1. The van der Waals surface area contributed by atoms with Crippen molar-refractivity contribution in [3.8, 4) is 16.5 Å². The molecule has 0 spiro atoms. The van der Waals surface area contributed by atoms with Crippen molar-refractivity contribution in [1.82, 2.24) is 9.97 Å². The molecule has 0 saturated heterocycles. The van der Waals surface area contributed by atoms with E-state index in [1.807, 2.05) is 37.3 Å². The first kappa shape index (κ1) is 16.1. The van der Waals surface area contributed by atoms with E-state index in [-0.39, 0.29) is 5.69 Å². The summed E-state index contributed by atoms with van der Waals surface area (Å²) in [6, 6.07) is 12.9. The van der Waals surface area contributed by atoms with E-state index >= 15 is 0 Å². The number of nitro groups is 1. The van der Waals surface area contributed by atoms with Gasteiger partial charge in [0.1, 0.15) is 11.2 Å². The predicted molar refractivity (Wildman–Crippen MR) is 92.4 cm³/mol. The molecule has 2 heterocycles. The zero-order valence-electron chi connectivity index (χ0n) is 13.0. The fourth-order valence-electron chi connectivity index (χ4n) is 2.18. The molecule has 0 N–H and O–H groups in total. The Balaban J connectivity index is 1.61. The lowest BCUT2D eigenvalue weighted by Gasteiger charge is -2.03. The smallest absolute Gasteiger partial charge is 0.287 e. The fourth-order valence-corrected chi connectivity index (χ4v) is 3.15. The zero-order chi connectivity index (χ0) is 16.9. The molecule has 0 aliphatic heterocycles. The van der Waals surface area contributed by atoms with Crippen molar-refractivity contribution < 1.29 is 9.66 Å². The van der Waals surface area contributed by atoms with Crippen LogP contribution in [-0.4, -0.2) is 21.5 Å². The minimum Gasteiger partial charge on any atom is -0.477 e. The number of rotatable bonds is 6. The van der Waals surface area contributed by atoms with Gasteiger partial charge in [0.15, 0.2) is 0 Å². The third-order valence-corrected chi connectivity index (χ3v) is 4.50. The number of benzene rings is 1.